The van der Waals surface area contributed by atoms with Gasteiger partial charge in [0.15, 0.2) is 6.04 Å². The molecule has 2 saturated heterocycles. The molecule has 8 heteroatoms. The molecule has 2 fully saturated rings. The number of nitrogens with zero attached hydrogens (tertiary/aromatic N) is 5. The van der Waals surface area contributed by atoms with Crippen LogP contribution in [0.2, 0.25) is 0 Å². The molecular formula is C20H25N6O2+. The van der Waals surface area contributed by atoms with Crippen LogP contribution in [0.25, 0.3) is 0 Å². The second-order valence-corrected chi connectivity index (χ2v) is 7.32. The van der Waals surface area contributed by atoms with E-state index in [0.29, 0.717) is 38.8 Å². The third-order valence-corrected chi connectivity index (χ3v) is 5.49. The molecule has 1 N–H and O–H groups in total. The average Bonchev–Trinajstić information content (AvgIpc) is 3.35. The van der Waals surface area contributed by atoms with Gasteiger partial charge in [-0.05, 0) is 31.2 Å². The highest BCUT2D eigenvalue weighted by Crippen LogP contribution is 2.27. The van der Waals surface area contributed by atoms with E-state index in [-0.39, 0.29) is 17.9 Å². The summed E-state index contributed by atoms with van der Waals surface area (Å²) in [4.78, 5) is 32.1. The Balaban J connectivity index is 1.65. The van der Waals surface area contributed by atoms with Crippen molar-refractivity contribution in [2.75, 3.05) is 13.1 Å². The van der Waals surface area contributed by atoms with Gasteiger partial charge in [0.25, 0.3) is 0 Å². The minimum Gasteiger partial charge on any atom is -0.328 e. The molecule has 0 aromatic heterocycles. The molecule has 8 nitrogen and oxygen atoms in total. The number of benzene rings is 1. The molecule has 0 bridgehead atoms. The van der Waals surface area contributed by atoms with E-state index in [9.17, 15) is 14.9 Å². The van der Waals surface area contributed by atoms with Gasteiger partial charge in [-0.3, -0.25) is 9.59 Å². The largest absolute Gasteiger partial charge is 0.328 e. The Kier molecular flexibility index (Phi) is 6.51. The molecule has 146 valence electrons. The second-order valence-electron chi connectivity index (χ2n) is 7.32. The normalized spacial score (nSPS) is 23.9. The van der Waals surface area contributed by atoms with E-state index in [2.05, 4.69) is 16.1 Å². The maximum absolute atomic E-state index is 13.0. The van der Waals surface area contributed by atoms with Crippen molar-refractivity contribution in [1.29, 1.82) is 10.8 Å². The Bertz CT molecular complexity index is 799. The lowest BCUT2D eigenvalue weighted by atomic mass is 10.1. The first-order valence-electron chi connectivity index (χ1n) is 9.74. The van der Waals surface area contributed by atoms with E-state index in [0.717, 1.165) is 12.8 Å². The smallest absolute Gasteiger partial charge is 0.246 e. The third kappa shape index (κ3) is 4.44. The SMILES string of the molecule is N#CC1CCCN1C(=O)C1CC(N=[N+]=N)CN1C(=O)CCCc1ccccc1. The molecule has 3 rings (SSSR count). The molecule has 2 aliphatic heterocycles. The topological polar surface area (TPSA) is 115 Å². The number of hydrogen-bond acceptors (Lipinski definition) is 5. The summed E-state index contributed by atoms with van der Waals surface area (Å²) in [7, 11) is 0. The lowest BCUT2D eigenvalue weighted by molar-refractivity contribution is -0.143. The number of rotatable bonds is 6. The number of nitriles is 1. The van der Waals surface area contributed by atoms with E-state index >= 15 is 0 Å². The van der Waals surface area contributed by atoms with Crippen LogP contribution in [-0.4, -0.2) is 52.8 Å². The maximum atomic E-state index is 13.0. The number of aryl methyl sites for hydroxylation is 1. The minimum atomic E-state index is -0.617. The number of carbonyl (C=O) groups is 2. The first-order chi connectivity index (χ1) is 13.6. The van der Waals surface area contributed by atoms with Crippen LogP contribution >= 0.6 is 0 Å². The van der Waals surface area contributed by atoms with Gasteiger partial charge < -0.3 is 9.80 Å². The third-order valence-electron chi connectivity index (χ3n) is 5.49. The van der Waals surface area contributed by atoms with E-state index < -0.39 is 12.1 Å². The highest BCUT2D eigenvalue weighted by atomic mass is 16.2. The van der Waals surface area contributed by atoms with Crippen LogP contribution in [0.15, 0.2) is 35.4 Å². The summed E-state index contributed by atoms with van der Waals surface area (Å²) >= 11 is 0. The van der Waals surface area contributed by atoms with Crippen molar-refractivity contribution in [1.82, 2.24) is 14.7 Å². The summed E-state index contributed by atoms with van der Waals surface area (Å²) < 4.78 is 0. The number of hydrogen-bond donors (Lipinski definition) is 1. The number of amides is 2. The van der Waals surface area contributed by atoms with Crippen LogP contribution in [0.5, 0.6) is 0 Å². The maximum Gasteiger partial charge on any atom is 0.246 e. The molecule has 3 unspecified atom stereocenters. The summed E-state index contributed by atoms with van der Waals surface area (Å²) in [5.74, 6) is -0.257. The van der Waals surface area contributed by atoms with Crippen molar-refractivity contribution in [2.45, 2.75) is 56.7 Å². The fourth-order valence-corrected chi connectivity index (χ4v) is 4.08. The van der Waals surface area contributed by atoms with Crippen molar-refractivity contribution in [3.05, 3.63) is 35.9 Å². The highest BCUT2D eigenvalue weighted by molar-refractivity contribution is 5.89. The van der Waals surface area contributed by atoms with E-state index in [4.69, 9.17) is 5.53 Å². The number of carbonyl (C=O) groups excluding carboxylic acids is 2. The first-order valence-corrected chi connectivity index (χ1v) is 9.74. The van der Waals surface area contributed by atoms with Gasteiger partial charge in [0, 0.05) is 19.4 Å². The Morgan fingerprint density at radius 1 is 1.29 bits per heavy atom. The molecule has 1 aromatic carbocycles. The Labute approximate surface area is 164 Å². The van der Waals surface area contributed by atoms with Gasteiger partial charge in [-0.15, -0.1) is 0 Å². The standard InChI is InChI=1S/C20H25N6O2/c21-13-17-9-5-11-25(17)20(28)18-12-16(23-24-22)14-26(18)19(27)10-4-8-15-6-2-1-3-7-15/h1-3,6-7,16-18,22H,4-5,8-12,14H2/q+1. The Morgan fingerprint density at radius 2 is 2.07 bits per heavy atom. The first kappa shape index (κ1) is 19.7. The van der Waals surface area contributed by atoms with Gasteiger partial charge in [0.2, 0.25) is 16.7 Å². The van der Waals surface area contributed by atoms with Gasteiger partial charge in [-0.2, -0.15) is 5.26 Å². The zero-order chi connectivity index (χ0) is 19.9. The summed E-state index contributed by atoms with van der Waals surface area (Å²) in [6, 6.07) is 10.8. The van der Waals surface area contributed by atoms with Crippen LogP contribution in [0.1, 0.15) is 37.7 Å². The lowest BCUT2D eigenvalue weighted by Crippen LogP contribution is -2.49. The van der Waals surface area contributed by atoms with E-state index in [1.165, 1.54) is 5.56 Å². The second kappa shape index (κ2) is 9.25. The van der Waals surface area contributed by atoms with Crippen LogP contribution in [0.3, 0.4) is 0 Å². The average molecular weight is 381 g/mol. The quantitative estimate of drug-likeness (QED) is 0.600. The molecule has 2 heterocycles. The van der Waals surface area contributed by atoms with Crippen molar-refractivity contribution < 1.29 is 9.59 Å². The monoisotopic (exact) mass is 381 g/mol. The Morgan fingerprint density at radius 3 is 2.79 bits per heavy atom. The van der Waals surface area contributed by atoms with Gasteiger partial charge in [0.05, 0.1) is 12.6 Å². The molecule has 2 amide bonds. The van der Waals surface area contributed by atoms with Crippen molar-refractivity contribution >= 4 is 11.8 Å². The Hall–Kier alpha value is -3.04. The minimum absolute atomic E-state index is 0.0790. The highest BCUT2D eigenvalue weighted by Gasteiger charge is 2.45. The van der Waals surface area contributed by atoms with E-state index in [1.54, 1.807) is 9.80 Å². The molecule has 1 aromatic rings. The van der Waals surface area contributed by atoms with Crippen LogP contribution in [0, 0.1) is 16.9 Å². The molecule has 0 aliphatic carbocycles. The predicted molar refractivity (Wildman–Crippen MR) is 101 cm³/mol. The predicted octanol–water partition coefficient (Wildman–Crippen LogP) is 2.04. The summed E-state index contributed by atoms with van der Waals surface area (Å²) in [6.45, 7) is 0.849. The summed E-state index contributed by atoms with van der Waals surface area (Å²) in [6.07, 6.45) is 3.70. The molecule has 2 aliphatic rings. The van der Waals surface area contributed by atoms with Gasteiger partial charge in [-0.1, -0.05) is 30.3 Å². The summed E-state index contributed by atoms with van der Waals surface area (Å²) in [5, 5.41) is 13.1. The van der Waals surface area contributed by atoms with Crippen LogP contribution in [-0.2, 0) is 16.0 Å². The molecule has 28 heavy (non-hydrogen) atoms. The van der Waals surface area contributed by atoms with Crippen LogP contribution < -0.4 is 4.91 Å². The zero-order valence-electron chi connectivity index (χ0n) is 15.8. The van der Waals surface area contributed by atoms with Crippen molar-refractivity contribution in [3.63, 3.8) is 0 Å². The molecule has 0 radical (unpaired) electrons. The van der Waals surface area contributed by atoms with Gasteiger partial charge in [-0.25, -0.2) is 0 Å². The van der Waals surface area contributed by atoms with Crippen molar-refractivity contribution in [2.24, 2.45) is 5.11 Å². The van der Waals surface area contributed by atoms with Gasteiger partial charge in [0.1, 0.15) is 22.7 Å². The van der Waals surface area contributed by atoms with Crippen LogP contribution in [0.4, 0.5) is 0 Å². The number of nitrogens with one attached hydrogen (secondary N) is 1. The number of likely N-dealkylation sites (tertiary alicyclic amines) is 2. The molecule has 3 atom stereocenters. The summed E-state index contributed by atoms with van der Waals surface area (Å²) in [5.41, 5.74) is 8.14. The zero-order valence-corrected chi connectivity index (χ0v) is 15.8. The fraction of sp³-hybridized carbons (Fsp3) is 0.550. The van der Waals surface area contributed by atoms with Gasteiger partial charge >= 0.3 is 0 Å². The fourth-order valence-electron chi connectivity index (χ4n) is 4.08. The molecular weight excluding hydrogens is 356 g/mol. The lowest BCUT2D eigenvalue weighted by Gasteiger charge is -2.29. The molecule has 0 saturated carbocycles. The molecule has 0 spiro atoms. The van der Waals surface area contributed by atoms with Crippen molar-refractivity contribution in [3.8, 4) is 6.07 Å². The van der Waals surface area contributed by atoms with E-state index in [1.807, 2.05) is 30.3 Å².